The smallest absolute Gasteiger partial charge is 0.256 e. The molecule has 8 nitrogen and oxygen atoms in total. The molecule has 0 atom stereocenters. The number of hydrogen-bond donors (Lipinski definition) is 1. The van der Waals surface area contributed by atoms with E-state index in [2.05, 4.69) is 21.5 Å². The van der Waals surface area contributed by atoms with Gasteiger partial charge in [0.25, 0.3) is 11.8 Å². The van der Waals surface area contributed by atoms with Crippen molar-refractivity contribution in [3.8, 4) is 11.4 Å². The molecule has 3 aromatic heterocycles. The number of pyridine rings is 2. The Labute approximate surface area is 233 Å². The minimum atomic E-state index is -0.265. The Morgan fingerprint density at radius 1 is 0.975 bits per heavy atom. The van der Waals surface area contributed by atoms with Crippen molar-refractivity contribution in [1.82, 2.24) is 20.0 Å². The van der Waals surface area contributed by atoms with E-state index < -0.39 is 0 Å². The van der Waals surface area contributed by atoms with Crippen LogP contribution in [0.4, 0.5) is 5.69 Å². The number of fused-ring (bicyclic) bond motifs is 1. The molecular formula is C32H31N5O3. The number of hydrogen-bond acceptors (Lipinski definition) is 6. The van der Waals surface area contributed by atoms with Gasteiger partial charge in [-0.05, 0) is 81.3 Å². The number of benzene rings is 2. The normalized spacial score (nSPS) is 11.0. The lowest BCUT2D eigenvalue weighted by Gasteiger charge is -2.16. The van der Waals surface area contributed by atoms with Crippen LogP contribution in [-0.4, -0.2) is 38.9 Å². The Bertz CT molecular complexity index is 1710. The van der Waals surface area contributed by atoms with Crippen LogP contribution in [0.3, 0.4) is 0 Å². The van der Waals surface area contributed by atoms with Crippen LogP contribution >= 0.6 is 0 Å². The van der Waals surface area contributed by atoms with Gasteiger partial charge in [-0.3, -0.25) is 14.6 Å². The molecular weight excluding hydrogens is 502 g/mol. The van der Waals surface area contributed by atoms with E-state index in [0.29, 0.717) is 40.5 Å². The number of anilines is 1. The van der Waals surface area contributed by atoms with Gasteiger partial charge in [-0.1, -0.05) is 29.8 Å². The summed E-state index contributed by atoms with van der Waals surface area (Å²) < 4.78 is 5.43. The van der Waals surface area contributed by atoms with Crippen molar-refractivity contribution in [3.05, 3.63) is 106 Å². The molecule has 0 spiro atoms. The second kappa shape index (κ2) is 11.1. The van der Waals surface area contributed by atoms with Gasteiger partial charge < -0.3 is 14.7 Å². The van der Waals surface area contributed by atoms with Crippen LogP contribution in [0.15, 0.2) is 71.4 Å². The Morgan fingerprint density at radius 2 is 1.75 bits per heavy atom. The lowest BCUT2D eigenvalue weighted by atomic mass is 10.00. The number of carbonyl (C=O) groups is 2. The Morgan fingerprint density at radius 3 is 2.45 bits per heavy atom. The molecule has 0 aliphatic carbocycles. The fourth-order valence-corrected chi connectivity index (χ4v) is 4.93. The molecule has 3 heterocycles. The molecule has 0 saturated heterocycles. The topological polar surface area (TPSA) is 101 Å². The molecule has 0 saturated carbocycles. The van der Waals surface area contributed by atoms with Gasteiger partial charge in [0.15, 0.2) is 5.76 Å². The van der Waals surface area contributed by atoms with E-state index in [0.717, 1.165) is 39.7 Å². The van der Waals surface area contributed by atoms with Gasteiger partial charge in [-0.25, -0.2) is 4.98 Å². The zero-order valence-electron chi connectivity index (χ0n) is 23.3. The van der Waals surface area contributed by atoms with E-state index in [4.69, 9.17) is 9.51 Å². The molecule has 8 heteroatoms. The third kappa shape index (κ3) is 5.33. The summed E-state index contributed by atoms with van der Waals surface area (Å²) in [4.78, 5) is 37.5. The largest absolute Gasteiger partial charge is 0.359 e. The molecule has 0 aliphatic heterocycles. The lowest BCUT2D eigenvalue weighted by Crippen LogP contribution is -2.26. The van der Waals surface area contributed by atoms with Crippen molar-refractivity contribution in [1.29, 1.82) is 0 Å². The van der Waals surface area contributed by atoms with Crippen LogP contribution < -0.4 is 5.32 Å². The minimum absolute atomic E-state index is 0.153. The number of aryl methyl sites for hydroxylation is 3. The van der Waals surface area contributed by atoms with Crippen molar-refractivity contribution in [2.45, 2.75) is 40.7 Å². The molecule has 202 valence electrons. The number of amides is 2. The molecule has 0 bridgehead atoms. The van der Waals surface area contributed by atoms with Crippen LogP contribution in [0, 0.1) is 20.8 Å². The van der Waals surface area contributed by atoms with Crippen LogP contribution in [-0.2, 0) is 13.0 Å². The van der Waals surface area contributed by atoms with E-state index in [1.807, 2.05) is 52.0 Å². The highest BCUT2D eigenvalue weighted by atomic mass is 16.5. The van der Waals surface area contributed by atoms with Crippen LogP contribution in [0.1, 0.15) is 55.8 Å². The van der Waals surface area contributed by atoms with E-state index >= 15 is 0 Å². The quantitative estimate of drug-likeness (QED) is 0.264. The van der Waals surface area contributed by atoms with Crippen molar-refractivity contribution < 1.29 is 14.1 Å². The number of aromatic nitrogens is 3. The molecule has 0 radical (unpaired) electrons. The molecule has 2 aromatic carbocycles. The van der Waals surface area contributed by atoms with Crippen LogP contribution in [0.2, 0.25) is 0 Å². The first-order valence-corrected chi connectivity index (χ1v) is 13.2. The summed E-state index contributed by atoms with van der Waals surface area (Å²) in [6, 6.07) is 18.3. The van der Waals surface area contributed by atoms with Gasteiger partial charge in [0.1, 0.15) is 0 Å². The maximum Gasteiger partial charge on any atom is 0.256 e. The first kappa shape index (κ1) is 26.7. The molecule has 0 aliphatic rings. The maximum absolute atomic E-state index is 13.6. The van der Waals surface area contributed by atoms with Gasteiger partial charge in [0.2, 0.25) is 0 Å². The highest BCUT2D eigenvalue weighted by Gasteiger charge is 2.19. The van der Waals surface area contributed by atoms with E-state index in [1.54, 1.807) is 48.5 Å². The van der Waals surface area contributed by atoms with E-state index in [-0.39, 0.29) is 11.8 Å². The highest BCUT2D eigenvalue weighted by molar-refractivity contribution is 6.13. The zero-order valence-corrected chi connectivity index (χ0v) is 23.3. The van der Waals surface area contributed by atoms with Crippen molar-refractivity contribution in [3.63, 3.8) is 0 Å². The van der Waals surface area contributed by atoms with Crippen LogP contribution in [0.5, 0.6) is 0 Å². The second-order valence-electron chi connectivity index (χ2n) is 9.96. The fraction of sp³-hybridized carbons (Fsp3) is 0.219. The molecule has 0 unspecified atom stereocenters. The summed E-state index contributed by atoms with van der Waals surface area (Å²) in [6.07, 6.45) is 2.49. The number of rotatable bonds is 7. The fourth-order valence-electron chi connectivity index (χ4n) is 4.93. The third-order valence-electron chi connectivity index (χ3n) is 6.96. The number of nitrogens with one attached hydrogen (secondary N) is 1. The SMILES string of the molecule is CCc1c(C)noc1CN(C)C(=O)c1ccc(NC(=O)c2cc(-c3ccccn3)nc3c(C)cc(C)cc23)cc1. The Kier molecular flexibility index (Phi) is 7.42. The maximum atomic E-state index is 13.6. The van der Waals surface area contributed by atoms with Gasteiger partial charge in [-0.2, -0.15) is 0 Å². The van der Waals surface area contributed by atoms with E-state index in [1.165, 1.54) is 0 Å². The summed E-state index contributed by atoms with van der Waals surface area (Å²) >= 11 is 0. The first-order chi connectivity index (χ1) is 19.2. The second-order valence-corrected chi connectivity index (χ2v) is 9.96. The Balaban J connectivity index is 1.38. The van der Waals surface area contributed by atoms with Gasteiger partial charge >= 0.3 is 0 Å². The van der Waals surface area contributed by atoms with Gasteiger partial charge in [0.05, 0.1) is 34.7 Å². The monoisotopic (exact) mass is 533 g/mol. The van der Waals surface area contributed by atoms with Gasteiger partial charge in [-0.15, -0.1) is 0 Å². The number of carbonyl (C=O) groups excluding carboxylic acids is 2. The molecule has 40 heavy (non-hydrogen) atoms. The first-order valence-electron chi connectivity index (χ1n) is 13.2. The summed E-state index contributed by atoms with van der Waals surface area (Å²) in [5.41, 5.74) is 7.58. The minimum Gasteiger partial charge on any atom is -0.359 e. The molecule has 0 fully saturated rings. The average Bonchev–Trinajstić information content (AvgIpc) is 3.31. The van der Waals surface area contributed by atoms with E-state index in [9.17, 15) is 9.59 Å². The van der Waals surface area contributed by atoms with Crippen LogP contribution in [0.25, 0.3) is 22.3 Å². The summed E-state index contributed by atoms with van der Waals surface area (Å²) in [7, 11) is 1.73. The molecule has 2 amide bonds. The number of nitrogens with zero attached hydrogens (tertiary/aromatic N) is 4. The van der Waals surface area contributed by atoms with Crippen molar-refractivity contribution in [2.75, 3.05) is 12.4 Å². The third-order valence-corrected chi connectivity index (χ3v) is 6.96. The summed E-state index contributed by atoms with van der Waals surface area (Å²) in [5, 5.41) is 7.79. The van der Waals surface area contributed by atoms with Gasteiger partial charge in [0, 0.05) is 35.4 Å². The van der Waals surface area contributed by atoms with Crippen molar-refractivity contribution in [2.24, 2.45) is 0 Å². The van der Waals surface area contributed by atoms with Crippen molar-refractivity contribution >= 4 is 28.4 Å². The standard InChI is InChI=1S/C32H31N5O3/c1-6-24-21(4)36-40-29(24)18-37(5)32(39)22-10-12-23(13-11-22)34-31(38)26-17-28(27-9-7-8-14-33-27)35-30-20(3)15-19(2)16-25(26)30/h7-17H,6,18H2,1-5H3,(H,34,38). The zero-order chi connectivity index (χ0) is 28.4. The molecule has 5 aromatic rings. The lowest BCUT2D eigenvalue weighted by molar-refractivity contribution is 0.0771. The summed E-state index contributed by atoms with van der Waals surface area (Å²) in [6.45, 7) is 8.26. The summed E-state index contributed by atoms with van der Waals surface area (Å²) in [5.74, 6) is 0.276. The average molecular weight is 534 g/mol. The Hall–Kier alpha value is -4.85. The highest BCUT2D eigenvalue weighted by Crippen LogP contribution is 2.28. The predicted molar refractivity (Wildman–Crippen MR) is 155 cm³/mol. The molecule has 1 N–H and O–H groups in total. The molecule has 5 rings (SSSR count). The predicted octanol–water partition coefficient (Wildman–Crippen LogP) is 6.30.